The van der Waals surface area contributed by atoms with Gasteiger partial charge in [0.25, 0.3) is 0 Å². The molecule has 4 aromatic rings. The molecule has 0 fully saturated rings. The van der Waals surface area contributed by atoms with Crippen molar-refractivity contribution in [2.24, 2.45) is 0 Å². The van der Waals surface area contributed by atoms with Crippen molar-refractivity contribution in [2.45, 2.75) is 0 Å². The highest BCUT2D eigenvalue weighted by atomic mass is 31.2. The average molecular weight is 377 g/mol. The van der Waals surface area contributed by atoms with E-state index in [1.807, 2.05) is 48.5 Å². The normalized spacial score (nSPS) is 14.9. The van der Waals surface area contributed by atoms with Crippen molar-refractivity contribution in [3.63, 3.8) is 0 Å². The van der Waals surface area contributed by atoms with Crippen LogP contribution in [-0.4, -0.2) is 18.8 Å². The molecular weight excluding hydrogens is 359 g/mol. The molecule has 0 aliphatic carbocycles. The van der Waals surface area contributed by atoms with Crippen molar-refractivity contribution in [1.82, 2.24) is 4.67 Å². The van der Waals surface area contributed by atoms with Gasteiger partial charge in [-0.05, 0) is 47.8 Å². The van der Waals surface area contributed by atoms with Crippen molar-refractivity contribution < 1.29 is 13.6 Å². The van der Waals surface area contributed by atoms with E-state index >= 15 is 0 Å². The molecule has 0 bridgehead atoms. The van der Waals surface area contributed by atoms with Gasteiger partial charge in [0.1, 0.15) is 11.5 Å². The first-order valence-corrected chi connectivity index (χ1v) is 10.3. The Morgan fingerprint density at radius 2 is 1.11 bits per heavy atom. The lowest BCUT2D eigenvalue weighted by Crippen LogP contribution is -2.16. The molecule has 5 heteroatoms. The van der Waals surface area contributed by atoms with E-state index in [9.17, 15) is 4.57 Å². The largest absolute Gasteiger partial charge is 0.515 e. The summed E-state index contributed by atoms with van der Waals surface area (Å²) in [7, 11) is -0.112. The monoisotopic (exact) mass is 377 g/mol. The topological polar surface area (TPSA) is 38.8 Å². The summed E-state index contributed by atoms with van der Waals surface area (Å²) in [4.78, 5) is 0. The first kappa shape index (κ1) is 16.4. The van der Waals surface area contributed by atoms with E-state index in [1.54, 1.807) is 14.1 Å². The van der Waals surface area contributed by atoms with Crippen LogP contribution in [0.2, 0.25) is 0 Å². The number of rotatable bonds is 1. The first-order chi connectivity index (χ1) is 13.1. The van der Waals surface area contributed by atoms with Gasteiger partial charge in [-0.15, -0.1) is 0 Å². The molecule has 1 aliphatic rings. The Balaban J connectivity index is 1.98. The summed E-state index contributed by atoms with van der Waals surface area (Å²) in [5.74, 6) is 1.14. The van der Waals surface area contributed by atoms with E-state index < -0.39 is 7.75 Å². The van der Waals surface area contributed by atoms with E-state index in [1.165, 1.54) is 4.67 Å². The van der Waals surface area contributed by atoms with Gasteiger partial charge in [0.05, 0.1) is 0 Å². The second kappa shape index (κ2) is 5.85. The van der Waals surface area contributed by atoms with Gasteiger partial charge < -0.3 is 9.05 Å². The number of hydrogen-bond acceptors (Lipinski definition) is 3. The summed E-state index contributed by atoms with van der Waals surface area (Å²) in [5.41, 5.74) is 1.83. The van der Waals surface area contributed by atoms with Gasteiger partial charge in [-0.2, -0.15) is 4.67 Å². The molecule has 0 amide bonds. The predicted molar refractivity (Wildman–Crippen MR) is 109 cm³/mol. The Kier molecular flexibility index (Phi) is 3.55. The molecule has 4 nitrogen and oxygen atoms in total. The fourth-order valence-electron chi connectivity index (χ4n) is 3.60. The van der Waals surface area contributed by atoms with Crippen molar-refractivity contribution in [1.29, 1.82) is 0 Å². The maximum atomic E-state index is 13.4. The van der Waals surface area contributed by atoms with Crippen LogP contribution in [0.1, 0.15) is 0 Å². The van der Waals surface area contributed by atoms with Gasteiger partial charge in [0, 0.05) is 11.1 Å². The lowest BCUT2D eigenvalue weighted by molar-refractivity contribution is 0.330. The zero-order valence-electron chi connectivity index (χ0n) is 15.0. The minimum Gasteiger partial charge on any atom is -0.404 e. The Morgan fingerprint density at radius 3 is 1.56 bits per heavy atom. The molecule has 0 atom stereocenters. The maximum Gasteiger partial charge on any atom is 0.515 e. The molecule has 27 heavy (non-hydrogen) atoms. The third-order valence-corrected chi connectivity index (χ3v) is 6.78. The minimum atomic E-state index is -3.52. The van der Waals surface area contributed by atoms with Gasteiger partial charge in [-0.1, -0.05) is 60.7 Å². The van der Waals surface area contributed by atoms with Gasteiger partial charge in [-0.25, -0.2) is 4.57 Å². The number of fused-ring (bicyclic) bond motifs is 7. The van der Waals surface area contributed by atoms with Gasteiger partial charge in [-0.3, -0.25) is 0 Å². The molecule has 4 aromatic carbocycles. The summed E-state index contributed by atoms with van der Waals surface area (Å²) in [6.45, 7) is 0. The Bertz CT molecular complexity index is 1160. The quantitative estimate of drug-likeness (QED) is 0.297. The van der Waals surface area contributed by atoms with E-state index in [-0.39, 0.29) is 0 Å². The fraction of sp³-hybridized carbons (Fsp3) is 0.0909. The van der Waals surface area contributed by atoms with Crippen molar-refractivity contribution in [3.05, 3.63) is 72.8 Å². The van der Waals surface area contributed by atoms with Crippen LogP contribution in [0.25, 0.3) is 32.7 Å². The summed E-state index contributed by atoms with van der Waals surface area (Å²) < 4.78 is 27.0. The molecule has 0 saturated carbocycles. The minimum absolute atomic E-state index is 0.570. The first-order valence-electron chi connectivity index (χ1n) is 8.78. The Labute approximate surface area is 157 Å². The van der Waals surface area contributed by atoms with Gasteiger partial charge in [0.15, 0.2) is 0 Å². The molecule has 0 radical (unpaired) electrons. The molecule has 1 aliphatic heterocycles. The second-order valence-electron chi connectivity index (χ2n) is 6.82. The molecule has 5 rings (SSSR count). The Hall–Kier alpha value is -2.81. The lowest BCUT2D eigenvalue weighted by Gasteiger charge is -2.22. The SMILES string of the molecule is CN(C)P1(=[18O])Oc2ccc3ccccc3c2-c2c(ccc3ccccc23)O1. The highest BCUT2D eigenvalue weighted by Crippen LogP contribution is 2.59. The molecule has 0 unspecified atom stereocenters. The van der Waals surface area contributed by atoms with E-state index in [2.05, 4.69) is 24.3 Å². The van der Waals surface area contributed by atoms with Crippen LogP contribution < -0.4 is 9.05 Å². The predicted octanol–water partition coefficient (Wildman–Crippen LogP) is 6.10. The van der Waals surface area contributed by atoms with Crippen LogP contribution in [0.5, 0.6) is 11.5 Å². The van der Waals surface area contributed by atoms with Crippen LogP contribution >= 0.6 is 7.75 Å². The van der Waals surface area contributed by atoms with E-state index in [0.717, 1.165) is 32.7 Å². The summed E-state index contributed by atoms with van der Waals surface area (Å²) in [6, 6.07) is 24.0. The fourth-order valence-corrected chi connectivity index (χ4v) is 4.77. The number of nitrogens with zero attached hydrogens (tertiary/aromatic N) is 1. The van der Waals surface area contributed by atoms with Gasteiger partial charge >= 0.3 is 7.75 Å². The van der Waals surface area contributed by atoms with E-state index in [4.69, 9.17) is 9.05 Å². The maximum absolute atomic E-state index is 13.4. The smallest absolute Gasteiger partial charge is 0.404 e. The molecule has 134 valence electrons. The van der Waals surface area contributed by atoms with Crippen molar-refractivity contribution in [2.75, 3.05) is 14.1 Å². The van der Waals surface area contributed by atoms with Crippen LogP contribution in [0, 0.1) is 0 Å². The molecular formula is C22H18NO3P. The molecule has 0 spiro atoms. The zero-order chi connectivity index (χ0) is 18.6. The highest BCUT2D eigenvalue weighted by Gasteiger charge is 2.37. The summed E-state index contributed by atoms with van der Waals surface area (Å²) in [6.07, 6.45) is 0. The number of hydrogen-bond donors (Lipinski definition) is 0. The third-order valence-electron chi connectivity index (χ3n) is 4.95. The van der Waals surface area contributed by atoms with Gasteiger partial charge in [0.2, 0.25) is 0 Å². The molecule has 0 saturated heterocycles. The zero-order valence-corrected chi connectivity index (χ0v) is 15.9. The number of benzene rings is 4. The van der Waals surface area contributed by atoms with Crippen molar-refractivity contribution in [3.8, 4) is 22.6 Å². The standard InChI is InChI=1S/C22H18NO3P/c1-23(2)27(24)25-19-13-11-15-7-3-5-9-17(15)21(19)22-18-10-6-4-8-16(18)12-14-20(22)26-27/h3-14H,1-2H3/i24+2. The summed E-state index contributed by atoms with van der Waals surface area (Å²) in [5, 5.41) is 4.28. The second-order valence-corrected chi connectivity index (χ2v) is 8.92. The van der Waals surface area contributed by atoms with Crippen LogP contribution in [-0.2, 0) is 4.57 Å². The van der Waals surface area contributed by atoms with Crippen LogP contribution in [0.3, 0.4) is 0 Å². The molecule has 0 N–H and O–H groups in total. The van der Waals surface area contributed by atoms with Crippen LogP contribution in [0.4, 0.5) is 0 Å². The summed E-state index contributed by atoms with van der Waals surface area (Å²) >= 11 is 0. The molecule has 0 aromatic heterocycles. The van der Waals surface area contributed by atoms with Crippen LogP contribution in [0.15, 0.2) is 72.8 Å². The highest BCUT2D eigenvalue weighted by molar-refractivity contribution is 7.52. The van der Waals surface area contributed by atoms with E-state index in [0.29, 0.717) is 11.5 Å². The lowest BCUT2D eigenvalue weighted by atomic mass is 9.92. The van der Waals surface area contributed by atoms with Crippen molar-refractivity contribution >= 4 is 29.3 Å². The Morgan fingerprint density at radius 1 is 0.667 bits per heavy atom. The average Bonchev–Trinajstić information content (AvgIpc) is 2.82. The third kappa shape index (κ3) is 2.45. The molecule has 1 heterocycles.